The van der Waals surface area contributed by atoms with Crippen molar-refractivity contribution in [2.75, 3.05) is 6.54 Å². The summed E-state index contributed by atoms with van der Waals surface area (Å²) in [6.07, 6.45) is 2.63. The zero-order chi connectivity index (χ0) is 28.5. The minimum Gasteiger partial charge on any atom is -0.465 e. The standard InChI is InChI=1S/C26H40F2N4O6/c1-24(2,3)19(31-23(37)38)22(36)32-13-12-26(9-5-10-26)14-17(32)20(34)30-16(8-11-25(4,27)28)18(33)21(35)29-15-6-7-15/h15-17,19,31H,5-14H2,1-4H3,(H,29,35)(H,30,34)(H,37,38)/t16?,17?,19-/m1/s1. The molecule has 2 unspecified atom stereocenters. The number of nitrogens with one attached hydrogen (secondary N) is 3. The largest absolute Gasteiger partial charge is 0.465 e. The van der Waals surface area contributed by atoms with Crippen LogP contribution in [0.5, 0.6) is 0 Å². The fourth-order valence-corrected chi connectivity index (χ4v) is 5.28. The maximum Gasteiger partial charge on any atom is 0.405 e. The molecule has 1 heterocycles. The first-order valence-electron chi connectivity index (χ1n) is 13.3. The first-order valence-corrected chi connectivity index (χ1v) is 13.3. The lowest BCUT2D eigenvalue weighted by atomic mass is 9.61. The second-order valence-corrected chi connectivity index (χ2v) is 12.4. The van der Waals surface area contributed by atoms with E-state index >= 15 is 0 Å². The van der Waals surface area contributed by atoms with Crippen molar-refractivity contribution in [2.24, 2.45) is 10.8 Å². The smallest absolute Gasteiger partial charge is 0.405 e. The number of hydrogen-bond donors (Lipinski definition) is 4. The first-order chi connectivity index (χ1) is 17.5. The van der Waals surface area contributed by atoms with Crippen LogP contribution in [0, 0.1) is 10.8 Å². The lowest BCUT2D eigenvalue weighted by molar-refractivity contribution is -0.151. The quantitative estimate of drug-likeness (QED) is 0.312. The zero-order valence-corrected chi connectivity index (χ0v) is 22.6. The van der Waals surface area contributed by atoms with Crippen LogP contribution in [0.25, 0.3) is 0 Å². The molecule has 3 rings (SSSR count). The number of carbonyl (C=O) groups is 5. The number of hydrogen-bond acceptors (Lipinski definition) is 5. The van der Waals surface area contributed by atoms with Gasteiger partial charge in [0.15, 0.2) is 0 Å². The fourth-order valence-electron chi connectivity index (χ4n) is 5.28. The molecular weight excluding hydrogens is 502 g/mol. The molecule has 38 heavy (non-hydrogen) atoms. The van der Waals surface area contributed by atoms with Crippen molar-refractivity contribution in [1.82, 2.24) is 20.9 Å². The Bertz CT molecular complexity index is 952. The van der Waals surface area contributed by atoms with Crippen molar-refractivity contribution in [1.29, 1.82) is 0 Å². The summed E-state index contributed by atoms with van der Waals surface area (Å²) in [5, 5.41) is 16.6. The summed E-state index contributed by atoms with van der Waals surface area (Å²) in [6, 6.07) is -3.76. The fraction of sp³-hybridized carbons (Fsp3) is 0.808. The minimum atomic E-state index is -3.11. The van der Waals surface area contributed by atoms with Crippen molar-refractivity contribution in [2.45, 2.75) is 116 Å². The number of likely N-dealkylation sites (tertiary alicyclic amines) is 1. The van der Waals surface area contributed by atoms with Gasteiger partial charge in [0.25, 0.3) is 5.91 Å². The summed E-state index contributed by atoms with van der Waals surface area (Å²) in [6.45, 7) is 6.03. The van der Waals surface area contributed by atoms with Crippen LogP contribution in [0.4, 0.5) is 13.6 Å². The van der Waals surface area contributed by atoms with E-state index in [1.54, 1.807) is 20.8 Å². The molecule has 1 saturated heterocycles. The number of rotatable bonds is 10. The summed E-state index contributed by atoms with van der Waals surface area (Å²) in [7, 11) is 0. The molecule has 3 fully saturated rings. The highest BCUT2D eigenvalue weighted by molar-refractivity contribution is 6.38. The van der Waals surface area contributed by atoms with Crippen molar-refractivity contribution in [3.05, 3.63) is 0 Å². The molecule has 0 bridgehead atoms. The van der Waals surface area contributed by atoms with E-state index in [1.807, 2.05) is 0 Å². The third-order valence-electron chi connectivity index (χ3n) is 7.91. The van der Waals surface area contributed by atoms with Crippen LogP contribution in [0.1, 0.15) is 85.5 Å². The van der Waals surface area contributed by atoms with Crippen LogP contribution in [-0.4, -0.2) is 76.2 Å². The molecule has 3 aliphatic rings. The van der Waals surface area contributed by atoms with Gasteiger partial charge in [-0.25, -0.2) is 13.6 Å². The number of nitrogens with zero attached hydrogens (tertiary/aromatic N) is 1. The summed E-state index contributed by atoms with van der Waals surface area (Å²) in [5.74, 6) is -6.31. The Kier molecular flexibility index (Phi) is 8.72. The number of carboxylic acid groups (broad SMARTS) is 1. The maximum absolute atomic E-state index is 13.7. The Morgan fingerprint density at radius 1 is 1.03 bits per heavy atom. The Hall–Kier alpha value is -2.79. The van der Waals surface area contributed by atoms with Gasteiger partial charge in [-0.2, -0.15) is 0 Å². The van der Waals surface area contributed by atoms with Crippen LogP contribution in [0.15, 0.2) is 0 Å². The second-order valence-electron chi connectivity index (χ2n) is 12.4. The summed E-state index contributed by atoms with van der Waals surface area (Å²) in [4.78, 5) is 65.3. The van der Waals surface area contributed by atoms with Crippen molar-refractivity contribution in [3.63, 3.8) is 0 Å². The van der Waals surface area contributed by atoms with Gasteiger partial charge in [-0.15, -0.1) is 0 Å². The van der Waals surface area contributed by atoms with Crippen molar-refractivity contribution in [3.8, 4) is 0 Å². The van der Waals surface area contributed by atoms with Gasteiger partial charge in [-0.05, 0) is 62.7 Å². The molecule has 0 aromatic carbocycles. The molecule has 2 saturated carbocycles. The van der Waals surface area contributed by atoms with E-state index in [1.165, 1.54) is 4.90 Å². The molecule has 4 N–H and O–H groups in total. The molecule has 214 valence electrons. The average molecular weight is 543 g/mol. The van der Waals surface area contributed by atoms with Crippen molar-refractivity contribution < 1.29 is 37.9 Å². The molecule has 12 heteroatoms. The molecule has 2 aliphatic carbocycles. The zero-order valence-electron chi connectivity index (χ0n) is 22.6. The number of ketones is 1. The van der Waals surface area contributed by atoms with E-state index < -0.39 is 71.9 Å². The SMILES string of the molecule is CC(F)(F)CCC(NC(=O)C1CC2(CCC2)CCN1C(=O)[C@@H](NC(=O)O)C(C)(C)C)C(=O)C(=O)NC1CC1. The predicted octanol–water partition coefficient (Wildman–Crippen LogP) is 2.60. The summed E-state index contributed by atoms with van der Waals surface area (Å²) >= 11 is 0. The topological polar surface area (TPSA) is 145 Å². The Labute approximate surface area is 221 Å². The van der Waals surface area contributed by atoms with E-state index in [0.29, 0.717) is 19.8 Å². The Balaban J connectivity index is 1.84. The number of halogens is 2. The first kappa shape index (κ1) is 29.8. The molecule has 0 aromatic heterocycles. The molecule has 3 atom stereocenters. The number of Topliss-reactive ketones (excluding diaryl/α,β-unsaturated/α-hetero) is 1. The van der Waals surface area contributed by atoms with Crippen molar-refractivity contribution >= 4 is 29.6 Å². The minimum absolute atomic E-state index is 0.128. The van der Waals surface area contributed by atoms with Gasteiger partial charge < -0.3 is 26.0 Å². The lowest BCUT2D eigenvalue weighted by Gasteiger charge is -2.52. The van der Waals surface area contributed by atoms with E-state index in [2.05, 4.69) is 16.0 Å². The number of piperidine rings is 1. The monoisotopic (exact) mass is 542 g/mol. The highest BCUT2D eigenvalue weighted by Gasteiger charge is 2.50. The second kappa shape index (κ2) is 11.1. The van der Waals surface area contributed by atoms with E-state index in [0.717, 1.165) is 32.1 Å². The molecule has 4 amide bonds. The maximum atomic E-state index is 13.7. The van der Waals surface area contributed by atoms with Crippen LogP contribution in [-0.2, 0) is 19.2 Å². The third-order valence-corrected chi connectivity index (χ3v) is 7.91. The van der Waals surface area contributed by atoms with Gasteiger partial charge in [0.2, 0.25) is 23.5 Å². The molecule has 10 nitrogen and oxygen atoms in total. The van der Waals surface area contributed by atoms with E-state index in [4.69, 9.17) is 0 Å². The van der Waals surface area contributed by atoms with E-state index in [-0.39, 0.29) is 18.0 Å². The van der Waals surface area contributed by atoms with E-state index in [9.17, 15) is 37.9 Å². The van der Waals surface area contributed by atoms with Gasteiger partial charge in [0.1, 0.15) is 12.1 Å². The van der Waals surface area contributed by atoms with Crippen LogP contribution >= 0.6 is 0 Å². The molecule has 0 radical (unpaired) electrons. The number of amides is 4. The number of carbonyl (C=O) groups excluding carboxylic acids is 4. The summed E-state index contributed by atoms with van der Waals surface area (Å²) < 4.78 is 27.3. The highest BCUT2D eigenvalue weighted by Crippen LogP contribution is 2.50. The Morgan fingerprint density at radius 3 is 2.13 bits per heavy atom. The van der Waals surface area contributed by atoms with Crippen LogP contribution in [0.2, 0.25) is 0 Å². The normalized spacial score (nSPS) is 22.6. The van der Waals surface area contributed by atoms with Gasteiger partial charge >= 0.3 is 6.09 Å². The summed E-state index contributed by atoms with van der Waals surface area (Å²) in [5.41, 5.74) is -0.941. The molecule has 0 aromatic rings. The Morgan fingerprint density at radius 2 is 1.66 bits per heavy atom. The van der Waals surface area contributed by atoms with Gasteiger partial charge in [0, 0.05) is 19.0 Å². The van der Waals surface area contributed by atoms with Crippen LogP contribution < -0.4 is 16.0 Å². The lowest BCUT2D eigenvalue weighted by Crippen LogP contribution is -2.64. The van der Waals surface area contributed by atoms with Gasteiger partial charge in [-0.1, -0.05) is 27.2 Å². The molecular formula is C26H40F2N4O6. The third kappa shape index (κ3) is 7.63. The molecule has 1 aliphatic heterocycles. The number of alkyl halides is 2. The van der Waals surface area contributed by atoms with Gasteiger partial charge in [0.05, 0.1) is 6.04 Å². The van der Waals surface area contributed by atoms with Crippen LogP contribution in [0.3, 0.4) is 0 Å². The van der Waals surface area contributed by atoms with Gasteiger partial charge in [-0.3, -0.25) is 19.2 Å². The predicted molar refractivity (Wildman–Crippen MR) is 133 cm³/mol. The highest BCUT2D eigenvalue weighted by atomic mass is 19.3. The average Bonchev–Trinajstić information content (AvgIpc) is 3.60. The molecule has 1 spiro atoms.